The smallest absolute Gasteiger partial charge is 0.253 e. The summed E-state index contributed by atoms with van der Waals surface area (Å²) >= 11 is 0. The molecule has 0 spiro atoms. The molecule has 1 heterocycles. The molecule has 0 saturated carbocycles. The maximum Gasteiger partial charge on any atom is 0.253 e. The zero-order valence-electron chi connectivity index (χ0n) is 14.1. The van der Waals surface area contributed by atoms with Crippen LogP contribution in [-0.2, 0) is 13.0 Å². The SMILES string of the molecule is CCc1ccccc1Oc1ccc(CNC(=O)c2cccnc2)cc1. The maximum absolute atomic E-state index is 12.0. The highest BCUT2D eigenvalue weighted by atomic mass is 16.5. The van der Waals surface area contributed by atoms with Gasteiger partial charge in [-0.15, -0.1) is 0 Å². The van der Waals surface area contributed by atoms with E-state index in [1.807, 2.05) is 42.5 Å². The summed E-state index contributed by atoms with van der Waals surface area (Å²) in [4.78, 5) is 16.0. The molecule has 25 heavy (non-hydrogen) atoms. The van der Waals surface area contributed by atoms with Crippen LogP contribution in [0.1, 0.15) is 28.4 Å². The molecule has 4 heteroatoms. The molecule has 0 saturated heterocycles. The fourth-order valence-electron chi connectivity index (χ4n) is 2.48. The number of benzene rings is 2. The Hall–Kier alpha value is -3.14. The highest BCUT2D eigenvalue weighted by molar-refractivity contribution is 5.93. The number of hydrogen-bond acceptors (Lipinski definition) is 3. The van der Waals surface area contributed by atoms with E-state index in [-0.39, 0.29) is 5.91 Å². The van der Waals surface area contributed by atoms with Crippen molar-refractivity contribution in [2.24, 2.45) is 0 Å². The molecule has 0 aliphatic rings. The van der Waals surface area contributed by atoms with Crippen molar-refractivity contribution in [1.29, 1.82) is 0 Å². The van der Waals surface area contributed by atoms with Crippen LogP contribution in [0.5, 0.6) is 11.5 Å². The summed E-state index contributed by atoms with van der Waals surface area (Å²) in [5.41, 5.74) is 2.74. The van der Waals surface area contributed by atoms with Crippen LogP contribution in [0.3, 0.4) is 0 Å². The molecule has 2 aromatic carbocycles. The van der Waals surface area contributed by atoms with Gasteiger partial charge in [-0.3, -0.25) is 9.78 Å². The Bertz CT molecular complexity index is 830. The lowest BCUT2D eigenvalue weighted by atomic mass is 10.1. The Labute approximate surface area is 147 Å². The summed E-state index contributed by atoms with van der Waals surface area (Å²) in [6.07, 6.45) is 4.12. The zero-order valence-corrected chi connectivity index (χ0v) is 14.1. The third-order valence-corrected chi connectivity index (χ3v) is 3.88. The van der Waals surface area contributed by atoms with Gasteiger partial charge in [-0.25, -0.2) is 0 Å². The van der Waals surface area contributed by atoms with Crippen LogP contribution in [0.25, 0.3) is 0 Å². The van der Waals surface area contributed by atoms with Gasteiger partial charge in [-0.1, -0.05) is 37.3 Å². The molecule has 0 aliphatic heterocycles. The molecule has 1 N–H and O–H groups in total. The first-order valence-corrected chi connectivity index (χ1v) is 8.29. The van der Waals surface area contributed by atoms with Crippen LogP contribution >= 0.6 is 0 Å². The number of amides is 1. The van der Waals surface area contributed by atoms with E-state index in [1.54, 1.807) is 24.5 Å². The first kappa shape index (κ1) is 16.7. The number of carbonyl (C=O) groups excluding carboxylic acids is 1. The van der Waals surface area contributed by atoms with Crippen molar-refractivity contribution in [3.63, 3.8) is 0 Å². The molecule has 126 valence electrons. The number of rotatable bonds is 6. The minimum atomic E-state index is -0.134. The topological polar surface area (TPSA) is 51.2 Å². The van der Waals surface area contributed by atoms with E-state index < -0.39 is 0 Å². The van der Waals surface area contributed by atoms with Crippen LogP contribution in [0.15, 0.2) is 73.1 Å². The van der Waals surface area contributed by atoms with Crippen molar-refractivity contribution in [1.82, 2.24) is 10.3 Å². The van der Waals surface area contributed by atoms with Gasteiger partial charge >= 0.3 is 0 Å². The number of nitrogens with one attached hydrogen (secondary N) is 1. The summed E-state index contributed by atoms with van der Waals surface area (Å²) < 4.78 is 5.95. The van der Waals surface area contributed by atoms with E-state index in [4.69, 9.17) is 4.74 Å². The second-order valence-corrected chi connectivity index (χ2v) is 5.63. The number of nitrogens with zero attached hydrogens (tertiary/aromatic N) is 1. The quantitative estimate of drug-likeness (QED) is 0.729. The van der Waals surface area contributed by atoms with Gasteiger partial charge in [0.2, 0.25) is 0 Å². The van der Waals surface area contributed by atoms with E-state index in [2.05, 4.69) is 23.3 Å². The number of aryl methyl sites for hydroxylation is 1. The van der Waals surface area contributed by atoms with Gasteiger partial charge in [0, 0.05) is 18.9 Å². The average molecular weight is 332 g/mol. The van der Waals surface area contributed by atoms with Gasteiger partial charge in [0.05, 0.1) is 5.56 Å². The fourth-order valence-corrected chi connectivity index (χ4v) is 2.48. The van der Waals surface area contributed by atoms with E-state index in [0.29, 0.717) is 12.1 Å². The van der Waals surface area contributed by atoms with Crippen LogP contribution in [-0.4, -0.2) is 10.9 Å². The van der Waals surface area contributed by atoms with Crippen LogP contribution in [0.4, 0.5) is 0 Å². The first-order valence-electron chi connectivity index (χ1n) is 8.29. The van der Waals surface area contributed by atoms with Crippen molar-refractivity contribution in [3.8, 4) is 11.5 Å². The van der Waals surface area contributed by atoms with Gasteiger partial charge in [0.15, 0.2) is 0 Å². The molecule has 0 radical (unpaired) electrons. The first-order chi connectivity index (χ1) is 12.3. The third-order valence-electron chi connectivity index (χ3n) is 3.88. The van der Waals surface area contributed by atoms with E-state index in [1.165, 1.54) is 5.56 Å². The van der Waals surface area contributed by atoms with Crippen LogP contribution in [0.2, 0.25) is 0 Å². The lowest BCUT2D eigenvalue weighted by molar-refractivity contribution is 0.0950. The predicted octanol–water partition coefficient (Wildman–Crippen LogP) is 4.37. The molecular weight excluding hydrogens is 312 g/mol. The van der Waals surface area contributed by atoms with E-state index in [9.17, 15) is 4.79 Å². The molecule has 0 atom stereocenters. The molecular formula is C21H20N2O2. The molecule has 4 nitrogen and oxygen atoms in total. The Kier molecular flexibility index (Phi) is 5.42. The fraction of sp³-hybridized carbons (Fsp3) is 0.143. The van der Waals surface area contributed by atoms with Crippen LogP contribution < -0.4 is 10.1 Å². The van der Waals surface area contributed by atoms with Gasteiger partial charge in [-0.2, -0.15) is 0 Å². The Morgan fingerprint density at radius 1 is 1.04 bits per heavy atom. The molecule has 1 aromatic heterocycles. The molecule has 0 aliphatic carbocycles. The monoisotopic (exact) mass is 332 g/mol. The molecule has 0 bridgehead atoms. The second kappa shape index (κ2) is 8.11. The number of ether oxygens (including phenoxy) is 1. The minimum Gasteiger partial charge on any atom is -0.457 e. The molecule has 3 rings (SSSR count). The number of para-hydroxylation sites is 1. The van der Waals surface area contributed by atoms with Crippen molar-refractivity contribution < 1.29 is 9.53 Å². The minimum absolute atomic E-state index is 0.134. The van der Waals surface area contributed by atoms with Gasteiger partial charge in [0.1, 0.15) is 11.5 Å². The van der Waals surface area contributed by atoms with Crippen LogP contribution in [0, 0.1) is 0 Å². The van der Waals surface area contributed by atoms with Crippen molar-refractivity contribution >= 4 is 5.91 Å². The zero-order chi connectivity index (χ0) is 17.5. The number of pyridine rings is 1. The highest BCUT2D eigenvalue weighted by Crippen LogP contribution is 2.25. The third kappa shape index (κ3) is 4.44. The molecule has 0 fully saturated rings. The van der Waals surface area contributed by atoms with Crippen molar-refractivity contribution in [2.45, 2.75) is 19.9 Å². The maximum atomic E-state index is 12.0. The summed E-state index contributed by atoms with van der Waals surface area (Å²) in [6, 6.07) is 19.2. The van der Waals surface area contributed by atoms with Gasteiger partial charge in [-0.05, 0) is 47.9 Å². The number of aromatic nitrogens is 1. The summed E-state index contributed by atoms with van der Waals surface area (Å²) in [7, 11) is 0. The summed E-state index contributed by atoms with van der Waals surface area (Å²) in [5.74, 6) is 1.52. The Morgan fingerprint density at radius 3 is 2.56 bits per heavy atom. The highest BCUT2D eigenvalue weighted by Gasteiger charge is 2.06. The average Bonchev–Trinajstić information content (AvgIpc) is 2.68. The lowest BCUT2D eigenvalue weighted by Gasteiger charge is -2.10. The summed E-state index contributed by atoms with van der Waals surface area (Å²) in [5, 5.41) is 2.88. The largest absolute Gasteiger partial charge is 0.457 e. The van der Waals surface area contributed by atoms with Gasteiger partial charge < -0.3 is 10.1 Å². The van der Waals surface area contributed by atoms with Gasteiger partial charge in [0.25, 0.3) is 5.91 Å². The lowest BCUT2D eigenvalue weighted by Crippen LogP contribution is -2.22. The second-order valence-electron chi connectivity index (χ2n) is 5.63. The standard InChI is InChI=1S/C21H20N2O2/c1-2-17-6-3-4-8-20(17)25-19-11-9-16(10-12-19)14-23-21(24)18-7-5-13-22-15-18/h3-13,15H,2,14H2,1H3,(H,23,24). The number of carbonyl (C=O) groups is 1. The Balaban J connectivity index is 1.60. The van der Waals surface area contributed by atoms with Crippen molar-refractivity contribution in [3.05, 3.63) is 89.7 Å². The predicted molar refractivity (Wildman–Crippen MR) is 97.7 cm³/mol. The number of hydrogen-bond donors (Lipinski definition) is 1. The molecule has 0 unspecified atom stereocenters. The molecule has 3 aromatic rings. The van der Waals surface area contributed by atoms with Crippen molar-refractivity contribution in [2.75, 3.05) is 0 Å². The van der Waals surface area contributed by atoms with E-state index in [0.717, 1.165) is 23.5 Å². The summed E-state index contributed by atoms with van der Waals surface area (Å²) in [6.45, 7) is 2.57. The van der Waals surface area contributed by atoms with E-state index >= 15 is 0 Å². The molecule has 1 amide bonds. The Morgan fingerprint density at radius 2 is 1.84 bits per heavy atom. The normalized spacial score (nSPS) is 10.3.